The highest BCUT2D eigenvalue weighted by Crippen LogP contribution is 2.39. The smallest absolute Gasteiger partial charge is 0.229 e. The van der Waals surface area contributed by atoms with E-state index in [2.05, 4.69) is 19.0 Å². The summed E-state index contributed by atoms with van der Waals surface area (Å²) in [4.78, 5) is 0. The Morgan fingerprint density at radius 2 is 2.06 bits per heavy atom. The lowest BCUT2D eigenvalue weighted by molar-refractivity contribution is 0.414. The van der Waals surface area contributed by atoms with Gasteiger partial charge in [-0.3, -0.25) is 0 Å². The third kappa shape index (κ3) is 2.16. The van der Waals surface area contributed by atoms with E-state index in [0.29, 0.717) is 16.7 Å². The van der Waals surface area contributed by atoms with Crippen LogP contribution in [0.2, 0.25) is 5.02 Å². The van der Waals surface area contributed by atoms with Gasteiger partial charge in [-0.2, -0.15) is 0 Å². The summed E-state index contributed by atoms with van der Waals surface area (Å²) in [6.45, 7) is 4.19. The quantitative estimate of drug-likeness (QED) is 0.920. The molecule has 2 N–H and O–H groups in total. The van der Waals surface area contributed by atoms with E-state index in [0.717, 1.165) is 16.7 Å². The minimum atomic E-state index is 0.290. The van der Waals surface area contributed by atoms with Crippen molar-refractivity contribution in [2.45, 2.75) is 19.8 Å². The van der Waals surface area contributed by atoms with Crippen LogP contribution in [-0.4, -0.2) is 12.3 Å². The molecule has 0 fully saturated rings. The molecule has 2 rings (SSSR count). The number of methoxy groups -OCH3 is 1. The molecule has 0 atom stereocenters. The molecule has 0 spiro atoms. The summed E-state index contributed by atoms with van der Waals surface area (Å²) in [6, 6.07) is 3.76. The lowest BCUT2D eigenvalue weighted by Gasteiger charge is -2.14. The van der Waals surface area contributed by atoms with Crippen LogP contribution in [0.3, 0.4) is 0 Å². The van der Waals surface area contributed by atoms with E-state index >= 15 is 0 Å². The molecular formula is C13H15ClN2O2. The number of nitrogens with two attached hydrogens (primary N) is 1. The number of benzene rings is 1. The summed E-state index contributed by atoms with van der Waals surface area (Å²) < 4.78 is 10.1. The van der Waals surface area contributed by atoms with E-state index < -0.39 is 0 Å². The number of rotatable bonds is 3. The maximum atomic E-state index is 6.16. The minimum absolute atomic E-state index is 0.290. The fraction of sp³-hybridized carbons (Fsp3) is 0.308. The van der Waals surface area contributed by atoms with Crippen molar-refractivity contribution in [1.82, 2.24) is 5.16 Å². The van der Waals surface area contributed by atoms with Gasteiger partial charge in [0, 0.05) is 0 Å². The van der Waals surface area contributed by atoms with Gasteiger partial charge in [-0.1, -0.05) is 30.6 Å². The SMILES string of the molecule is COc1cc(C(C)C)c(-c2cnoc2N)cc1Cl. The van der Waals surface area contributed by atoms with Crippen LogP contribution in [0, 0.1) is 0 Å². The standard InChI is InChI=1S/C13H15ClN2O2/c1-7(2)8-5-12(17-3)11(14)4-9(8)10-6-16-18-13(10)15/h4-7H,15H2,1-3H3. The van der Waals surface area contributed by atoms with Crippen LogP contribution < -0.4 is 10.5 Å². The van der Waals surface area contributed by atoms with Crippen LogP contribution >= 0.6 is 11.6 Å². The molecule has 5 heteroatoms. The highest BCUT2D eigenvalue weighted by molar-refractivity contribution is 6.32. The third-order valence-electron chi connectivity index (χ3n) is 2.83. The van der Waals surface area contributed by atoms with E-state index in [1.54, 1.807) is 13.3 Å². The minimum Gasteiger partial charge on any atom is -0.495 e. The molecule has 1 aromatic carbocycles. The molecule has 96 valence electrons. The van der Waals surface area contributed by atoms with E-state index in [1.165, 1.54) is 0 Å². The Hall–Kier alpha value is -1.68. The maximum absolute atomic E-state index is 6.16. The van der Waals surface area contributed by atoms with Crippen LogP contribution in [0.15, 0.2) is 22.9 Å². The molecule has 0 saturated heterocycles. The zero-order valence-electron chi connectivity index (χ0n) is 10.5. The number of nitrogen functional groups attached to an aromatic ring is 1. The maximum Gasteiger partial charge on any atom is 0.229 e. The summed E-state index contributed by atoms with van der Waals surface area (Å²) in [6.07, 6.45) is 1.60. The van der Waals surface area contributed by atoms with E-state index in [1.807, 2.05) is 12.1 Å². The first kappa shape index (κ1) is 12.8. The fourth-order valence-corrected chi connectivity index (χ4v) is 2.13. The molecule has 0 radical (unpaired) electrons. The zero-order chi connectivity index (χ0) is 13.3. The average molecular weight is 267 g/mol. The van der Waals surface area contributed by atoms with Crippen molar-refractivity contribution < 1.29 is 9.26 Å². The Labute approximate surface area is 111 Å². The van der Waals surface area contributed by atoms with Gasteiger partial charge in [0.25, 0.3) is 0 Å². The Bertz CT molecular complexity index is 564. The number of ether oxygens (including phenoxy) is 1. The second-order valence-corrected chi connectivity index (χ2v) is 4.74. The second-order valence-electron chi connectivity index (χ2n) is 4.33. The Morgan fingerprint density at radius 3 is 2.56 bits per heavy atom. The topological polar surface area (TPSA) is 61.3 Å². The molecule has 0 unspecified atom stereocenters. The van der Waals surface area contributed by atoms with Crippen LogP contribution in [0.4, 0.5) is 5.88 Å². The molecule has 0 saturated carbocycles. The van der Waals surface area contributed by atoms with Crippen molar-refractivity contribution in [3.05, 3.63) is 28.9 Å². The van der Waals surface area contributed by atoms with Crippen molar-refractivity contribution in [3.8, 4) is 16.9 Å². The molecular weight excluding hydrogens is 252 g/mol. The second kappa shape index (κ2) is 4.90. The number of anilines is 1. The first-order valence-electron chi connectivity index (χ1n) is 5.62. The largest absolute Gasteiger partial charge is 0.495 e. The molecule has 18 heavy (non-hydrogen) atoms. The molecule has 0 aliphatic carbocycles. The summed E-state index contributed by atoms with van der Waals surface area (Å²) in [5.74, 6) is 1.25. The Morgan fingerprint density at radius 1 is 1.33 bits per heavy atom. The summed E-state index contributed by atoms with van der Waals surface area (Å²) in [5.41, 5.74) is 8.53. The Kier molecular flexibility index (Phi) is 3.48. The van der Waals surface area contributed by atoms with Crippen molar-refractivity contribution in [2.24, 2.45) is 0 Å². The lowest BCUT2D eigenvalue weighted by Crippen LogP contribution is -1.96. The monoisotopic (exact) mass is 266 g/mol. The molecule has 4 nitrogen and oxygen atoms in total. The van der Waals surface area contributed by atoms with Crippen molar-refractivity contribution in [2.75, 3.05) is 12.8 Å². The van der Waals surface area contributed by atoms with E-state index in [9.17, 15) is 0 Å². The number of hydrogen-bond acceptors (Lipinski definition) is 4. The molecule has 1 heterocycles. The van der Waals surface area contributed by atoms with Gasteiger partial charge in [0.15, 0.2) is 0 Å². The van der Waals surface area contributed by atoms with Crippen LogP contribution in [0.5, 0.6) is 5.75 Å². The van der Waals surface area contributed by atoms with Gasteiger partial charge in [0.1, 0.15) is 5.75 Å². The van der Waals surface area contributed by atoms with Gasteiger partial charge in [-0.05, 0) is 29.2 Å². The van der Waals surface area contributed by atoms with E-state index in [-0.39, 0.29) is 5.88 Å². The molecule has 0 bridgehead atoms. The molecule has 0 aliphatic rings. The van der Waals surface area contributed by atoms with Crippen molar-refractivity contribution in [1.29, 1.82) is 0 Å². The summed E-state index contributed by atoms with van der Waals surface area (Å²) in [7, 11) is 1.60. The Balaban J connectivity index is 2.66. The van der Waals surface area contributed by atoms with Gasteiger partial charge in [-0.25, -0.2) is 0 Å². The van der Waals surface area contributed by atoms with Gasteiger partial charge in [-0.15, -0.1) is 0 Å². The molecule has 2 aromatic rings. The van der Waals surface area contributed by atoms with Crippen molar-refractivity contribution >= 4 is 17.5 Å². The van der Waals surface area contributed by atoms with E-state index in [4.69, 9.17) is 26.6 Å². The average Bonchev–Trinajstić information content (AvgIpc) is 2.74. The van der Waals surface area contributed by atoms with Crippen LogP contribution in [0.25, 0.3) is 11.1 Å². The number of aromatic nitrogens is 1. The summed E-state index contributed by atoms with van der Waals surface area (Å²) in [5, 5.41) is 4.24. The molecule has 1 aromatic heterocycles. The lowest BCUT2D eigenvalue weighted by atomic mass is 9.93. The number of nitrogens with zero attached hydrogens (tertiary/aromatic N) is 1. The van der Waals surface area contributed by atoms with Gasteiger partial charge in [0.05, 0.1) is 23.9 Å². The number of halogens is 1. The molecule has 0 aliphatic heterocycles. The zero-order valence-corrected chi connectivity index (χ0v) is 11.3. The first-order chi connectivity index (χ1) is 8.54. The van der Waals surface area contributed by atoms with Gasteiger partial charge in [0.2, 0.25) is 5.88 Å². The van der Waals surface area contributed by atoms with Crippen LogP contribution in [0.1, 0.15) is 25.3 Å². The third-order valence-corrected chi connectivity index (χ3v) is 3.13. The first-order valence-corrected chi connectivity index (χ1v) is 6.00. The van der Waals surface area contributed by atoms with Gasteiger partial charge >= 0.3 is 0 Å². The normalized spacial score (nSPS) is 10.9. The van der Waals surface area contributed by atoms with Gasteiger partial charge < -0.3 is 15.0 Å². The highest BCUT2D eigenvalue weighted by atomic mass is 35.5. The van der Waals surface area contributed by atoms with Crippen molar-refractivity contribution in [3.63, 3.8) is 0 Å². The highest BCUT2D eigenvalue weighted by Gasteiger charge is 2.17. The number of hydrogen-bond donors (Lipinski definition) is 1. The predicted molar refractivity (Wildman–Crippen MR) is 72.0 cm³/mol. The van der Waals surface area contributed by atoms with Crippen LogP contribution in [-0.2, 0) is 0 Å². The fourth-order valence-electron chi connectivity index (χ4n) is 1.89. The summed E-state index contributed by atoms with van der Waals surface area (Å²) >= 11 is 6.16. The predicted octanol–water partition coefficient (Wildman–Crippen LogP) is 3.71. The molecule has 0 amide bonds.